The summed E-state index contributed by atoms with van der Waals surface area (Å²) in [6.07, 6.45) is 0. The first-order chi connectivity index (χ1) is 15.3. The summed E-state index contributed by atoms with van der Waals surface area (Å²) in [5.74, 6) is 0.768. The van der Waals surface area contributed by atoms with Crippen molar-refractivity contribution in [1.29, 1.82) is 0 Å². The Morgan fingerprint density at radius 3 is 1.48 bits per heavy atom. The van der Waals surface area contributed by atoms with Crippen LogP contribution in [-0.2, 0) is 0 Å². The molecule has 31 heavy (non-hydrogen) atoms. The van der Waals surface area contributed by atoms with Gasteiger partial charge in [-0.05, 0) is 41.3 Å². The van der Waals surface area contributed by atoms with Crippen molar-refractivity contribution in [2.24, 2.45) is 0 Å². The first-order valence-electron chi connectivity index (χ1n) is 10.4. The smallest absolute Gasteiger partial charge is 0.126 e. The number of hydrogen-bond acceptors (Lipinski definition) is 2. The van der Waals surface area contributed by atoms with Crippen molar-refractivity contribution < 1.29 is 0 Å². The number of aryl methyl sites for hydroxylation is 1. The van der Waals surface area contributed by atoms with E-state index in [0.29, 0.717) is 0 Å². The monoisotopic (exact) mass is 398 g/mol. The summed E-state index contributed by atoms with van der Waals surface area (Å²) in [6.45, 7) is 1.95. The molecule has 0 bridgehead atoms. The van der Waals surface area contributed by atoms with Crippen LogP contribution < -0.4 is 0 Å². The Bertz CT molecular complexity index is 1310. The predicted octanol–water partition coefficient (Wildman–Crippen LogP) is 7.45. The average molecular weight is 399 g/mol. The maximum atomic E-state index is 4.72. The van der Waals surface area contributed by atoms with Gasteiger partial charge in [0.25, 0.3) is 0 Å². The highest BCUT2D eigenvalue weighted by atomic mass is 14.9. The van der Waals surface area contributed by atoms with Crippen molar-refractivity contribution in [2.75, 3.05) is 0 Å². The van der Waals surface area contributed by atoms with E-state index in [0.717, 1.165) is 28.3 Å². The molecule has 0 N–H and O–H groups in total. The van der Waals surface area contributed by atoms with Gasteiger partial charge in [-0.25, -0.2) is 9.97 Å². The minimum absolute atomic E-state index is 0.768. The minimum Gasteiger partial charge on any atom is -0.233 e. The van der Waals surface area contributed by atoms with Crippen molar-refractivity contribution >= 4 is 0 Å². The third-order valence-electron chi connectivity index (χ3n) is 5.39. The van der Waals surface area contributed by atoms with Gasteiger partial charge in [0.1, 0.15) is 5.82 Å². The minimum atomic E-state index is 0.768. The topological polar surface area (TPSA) is 25.8 Å². The van der Waals surface area contributed by atoms with Gasteiger partial charge in [-0.2, -0.15) is 0 Å². The molecule has 0 unspecified atom stereocenters. The Morgan fingerprint density at radius 2 is 0.839 bits per heavy atom. The lowest BCUT2D eigenvalue weighted by Gasteiger charge is -2.09. The normalized spacial score (nSPS) is 10.7. The van der Waals surface area contributed by atoms with E-state index in [9.17, 15) is 0 Å². The van der Waals surface area contributed by atoms with Gasteiger partial charge >= 0.3 is 0 Å². The first kappa shape index (κ1) is 19.0. The number of hydrogen-bond donors (Lipinski definition) is 0. The van der Waals surface area contributed by atoms with Gasteiger partial charge in [-0.3, -0.25) is 0 Å². The third kappa shape index (κ3) is 4.15. The molecule has 0 spiro atoms. The number of aromatic nitrogens is 2. The lowest BCUT2D eigenvalue weighted by molar-refractivity contribution is 1.06. The Morgan fingerprint density at radius 1 is 0.387 bits per heavy atom. The zero-order valence-corrected chi connectivity index (χ0v) is 17.4. The number of benzene rings is 4. The molecular weight excluding hydrogens is 376 g/mol. The van der Waals surface area contributed by atoms with E-state index < -0.39 is 0 Å². The average Bonchev–Trinajstić information content (AvgIpc) is 2.85. The van der Waals surface area contributed by atoms with Gasteiger partial charge in [0, 0.05) is 11.1 Å². The van der Waals surface area contributed by atoms with Crippen LogP contribution >= 0.6 is 0 Å². The van der Waals surface area contributed by atoms with Crippen LogP contribution in [0.4, 0.5) is 0 Å². The van der Waals surface area contributed by atoms with E-state index >= 15 is 0 Å². The molecule has 0 aliphatic heterocycles. The molecule has 2 heteroatoms. The predicted molar refractivity (Wildman–Crippen MR) is 129 cm³/mol. The van der Waals surface area contributed by atoms with Crippen LogP contribution in [0.1, 0.15) is 5.82 Å². The Balaban J connectivity index is 1.50. The molecular formula is C29H22N2. The molecule has 5 rings (SSSR count). The Hall–Kier alpha value is -4.04. The van der Waals surface area contributed by atoms with Gasteiger partial charge in [-0.15, -0.1) is 0 Å². The van der Waals surface area contributed by atoms with Crippen LogP contribution in [0.25, 0.3) is 44.8 Å². The van der Waals surface area contributed by atoms with Crippen molar-refractivity contribution in [3.63, 3.8) is 0 Å². The van der Waals surface area contributed by atoms with Crippen LogP contribution in [0.2, 0.25) is 0 Å². The molecule has 0 fully saturated rings. The molecule has 1 aromatic heterocycles. The summed E-state index contributed by atoms with van der Waals surface area (Å²) in [5, 5.41) is 0. The molecule has 0 saturated heterocycles. The highest BCUT2D eigenvalue weighted by molar-refractivity contribution is 5.75. The summed E-state index contributed by atoms with van der Waals surface area (Å²) >= 11 is 0. The molecule has 0 amide bonds. The lowest BCUT2D eigenvalue weighted by atomic mass is 10.00. The standard InChI is InChI=1S/C29H22N2/c1-21-30-28(25-17-15-24(16-18-25)22-9-4-2-5-10-22)20-29(31-21)27-14-8-13-26(19-27)23-11-6-3-7-12-23/h2-20H,1H3. The van der Waals surface area contributed by atoms with Gasteiger partial charge in [0.05, 0.1) is 11.4 Å². The van der Waals surface area contributed by atoms with Crippen LogP contribution in [-0.4, -0.2) is 9.97 Å². The van der Waals surface area contributed by atoms with E-state index in [1.807, 2.05) is 19.1 Å². The SMILES string of the molecule is Cc1nc(-c2ccc(-c3ccccc3)cc2)cc(-c2cccc(-c3ccccc3)c2)n1. The van der Waals surface area contributed by atoms with Gasteiger partial charge in [0.15, 0.2) is 0 Å². The van der Waals surface area contributed by atoms with Crippen LogP contribution in [0.3, 0.4) is 0 Å². The fourth-order valence-corrected chi connectivity index (χ4v) is 3.82. The first-order valence-corrected chi connectivity index (χ1v) is 10.4. The fourth-order valence-electron chi connectivity index (χ4n) is 3.82. The second-order valence-electron chi connectivity index (χ2n) is 7.58. The largest absolute Gasteiger partial charge is 0.233 e. The Labute approximate surface area is 182 Å². The van der Waals surface area contributed by atoms with Crippen LogP contribution in [0.15, 0.2) is 115 Å². The quantitative estimate of drug-likeness (QED) is 0.314. The maximum Gasteiger partial charge on any atom is 0.126 e. The molecule has 0 radical (unpaired) electrons. The maximum absolute atomic E-state index is 4.72. The zero-order valence-electron chi connectivity index (χ0n) is 17.4. The highest BCUT2D eigenvalue weighted by Gasteiger charge is 2.08. The molecule has 0 aliphatic rings. The van der Waals surface area contributed by atoms with Gasteiger partial charge in [0.2, 0.25) is 0 Å². The zero-order chi connectivity index (χ0) is 21.0. The molecule has 0 saturated carbocycles. The summed E-state index contributed by atoms with van der Waals surface area (Å²) in [6, 6.07) is 40.0. The van der Waals surface area contributed by atoms with Crippen LogP contribution in [0, 0.1) is 6.92 Å². The van der Waals surface area contributed by atoms with Crippen LogP contribution in [0.5, 0.6) is 0 Å². The molecule has 2 nitrogen and oxygen atoms in total. The van der Waals surface area contributed by atoms with E-state index in [1.54, 1.807) is 0 Å². The van der Waals surface area contributed by atoms with E-state index in [1.165, 1.54) is 22.3 Å². The molecule has 5 aromatic rings. The number of nitrogens with zero attached hydrogens (tertiary/aromatic N) is 2. The fraction of sp³-hybridized carbons (Fsp3) is 0.0345. The van der Waals surface area contributed by atoms with E-state index in [4.69, 9.17) is 9.97 Å². The molecule has 4 aromatic carbocycles. The lowest BCUT2D eigenvalue weighted by Crippen LogP contribution is -1.95. The molecule has 1 heterocycles. The summed E-state index contributed by atoms with van der Waals surface area (Å²) in [7, 11) is 0. The van der Waals surface area contributed by atoms with Gasteiger partial charge < -0.3 is 0 Å². The van der Waals surface area contributed by atoms with Crippen molar-refractivity contribution in [3.05, 3.63) is 121 Å². The number of rotatable bonds is 4. The molecule has 0 atom stereocenters. The summed E-state index contributed by atoms with van der Waals surface area (Å²) in [4.78, 5) is 9.42. The van der Waals surface area contributed by atoms with E-state index in [-0.39, 0.29) is 0 Å². The second kappa shape index (κ2) is 8.37. The van der Waals surface area contributed by atoms with Crippen molar-refractivity contribution in [3.8, 4) is 44.8 Å². The summed E-state index contributed by atoms with van der Waals surface area (Å²) < 4.78 is 0. The Kier molecular flexibility index (Phi) is 5.12. The van der Waals surface area contributed by atoms with Crippen molar-refractivity contribution in [2.45, 2.75) is 6.92 Å². The molecule has 0 aliphatic carbocycles. The third-order valence-corrected chi connectivity index (χ3v) is 5.39. The van der Waals surface area contributed by atoms with Crippen molar-refractivity contribution in [1.82, 2.24) is 9.97 Å². The van der Waals surface area contributed by atoms with E-state index in [2.05, 4.69) is 103 Å². The highest BCUT2D eigenvalue weighted by Crippen LogP contribution is 2.29. The second-order valence-corrected chi connectivity index (χ2v) is 7.58. The molecule has 148 valence electrons. The summed E-state index contributed by atoms with van der Waals surface area (Å²) in [5.41, 5.74) is 8.85. The van der Waals surface area contributed by atoms with Gasteiger partial charge in [-0.1, -0.05) is 103 Å².